The number of benzene rings is 1. The minimum absolute atomic E-state index is 0.203. The minimum atomic E-state index is -0.922. The van der Waals surface area contributed by atoms with Gasteiger partial charge in [0.15, 0.2) is 0 Å². The molecule has 1 saturated carbocycles. The average molecular weight is 274 g/mol. The first-order valence-corrected chi connectivity index (χ1v) is 7.05. The number of unbranched alkanes of at least 4 members (excludes halogenated alkanes) is 1. The van der Waals surface area contributed by atoms with E-state index >= 15 is 0 Å². The maximum atomic E-state index is 11.0. The number of hydrogen-bond acceptors (Lipinski definition) is 3. The monoisotopic (exact) mass is 274 g/mol. The molecule has 0 aliphatic heterocycles. The van der Waals surface area contributed by atoms with Crippen LogP contribution in [0.15, 0.2) is 18.2 Å². The van der Waals surface area contributed by atoms with Crippen LogP contribution in [0, 0.1) is 0 Å². The summed E-state index contributed by atoms with van der Waals surface area (Å²) in [7, 11) is 0. The largest absolute Gasteiger partial charge is 0.478 e. The third-order valence-electron chi connectivity index (χ3n) is 3.76. The molecule has 0 bridgehead atoms. The van der Waals surface area contributed by atoms with Crippen molar-refractivity contribution >= 4 is 17.0 Å². The Labute approximate surface area is 116 Å². The Bertz CT molecular complexity index is 644. The number of hydrogen-bond donors (Lipinski definition) is 2. The standard InChI is InChI=1S/C15H18N2O3/c18-8-2-1-7-17-13-6-5-11(15(19)20)9-12(13)16-14(17)10-3-4-10/h5-6,9-10,18H,1-4,7-8H2,(H,19,20). The first kappa shape index (κ1) is 13.1. The second kappa shape index (κ2) is 5.25. The molecular weight excluding hydrogens is 256 g/mol. The lowest BCUT2D eigenvalue weighted by Gasteiger charge is -2.08. The van der Waals surface area contributed by atoms with Crippen LogP contribution in [-0.4, -0.2) is 32.3 Å². The van der Waals surface area contributed by atoms with Crippen molar-refractivity contribution in [1.29, 1.82) is 0 Å². The van der Waals surface area contributed by atoms with Gasteiger partial charge in [0.1, 0.15) is 5.82 Å². The Kier molecular flexibility index (Phi) is 3.44. The zero-order valence-electron chi connectivity index (χ0n) is 11.2. The molecule has 0 radical (unpaired) electrons. The number of imidazole rings is 1. The highest BCUT2D eigenvalue weighted by Gasteiger charge is 2.29. The SMILES string of the molecule is O=C(O)c1ccc2c(c1)nc(C1CC1)n2CCCCO. The van der Waals surface area contributed by atoms with E-state index in [-0.39, 0.29) is 12.2 Å². The lowest BCUT2D eigenvalue weighted by atomic mass is 10.2. The molecule has 1 aromatic carbocycles. The zero-order chi connectivity index (χ0) is 14.1. The van der Waals surface area contributed by atoms with E-state index in [1.54, 1.807) is 12.1 Å². The van der Waals surface area contributed by atoms with Crippen molar-refractivity contribution in [1.82, 2.24) is 9.55 Å². The molecule has 106 valence electrons. The number of aromatic carboxylic acids is 1. The molecule has 1 aliphatic rings. The summed E-state index contributed by atoms with van der Waals surface area (Å²) in [6, 6.07) is 5.12. The van der Waals surface area contributed by atoms with Crippen molar-refractivity contribution < 1.29 is 15.0 Å². The van der Waals surface area contributed by atoms with Gasteiger partial charge in [-0.15, -0.1) is 0 Å². The summed E-state index contributed by atoms with van der Waals surface area (Å²) in [5.41, 5.74) is 2.03. The van der Waals surface area contributed by atoms with Crippen LogP contribution in [-0.2, 0) is 6.54 Å². The van der Waals surface area contributed by atoms with Crippen LogP contribution in [0.2, 0.25) is 0 Å². The van der Waals surface area contributed by atoms with E-state index in [1.165, 1.54) is 0 Å². The summed E-state index contributed by atoms with van der Waals surface area (Å²) >= 11 is 0. The molecule has 1 fully saturated rings. The molecule has 0 atom stereocenters. The molecule has 5 nitrogen and oxygen atoms in total. The first-order valence-electron chi connectivity index (χ1n) is 7.05. The fraction of sp³-hybridized carbons (Fsp3) is 0.467. The van der Waals surface area contributed by atoms with Gasteiger partial charge in [-0.1, -0.05) is 0 Å². The number of fused-ring (bicyclic) bond motifs is 1. The topological polar surface area (TPSA) is 75.3 Å². The number of aromatic nitrogens is 2. The van der Waals surface area contributed by atoms with Gasteiger partial charge in [-0.2, -0.15) is 0 Å². The van der Waals surface area contributed by atoms with Crippen molar-refractivity contribution in [2.24, 2.45) is 0 Å². The lowest BCUT2D eigenvalue weighted by Crippen LogP contribution is -2.04. The third-order valence-corrected chi connectivity index (χ3v) is 3.76. The molecule has 2 aromatic rings. The third kappa shape index (κ3) is 2.41. The van der Waals surface area contributed by atoms with Gasteiger partial charge in [0.25, 0.3) is 0 Å². The number of carboxylic acids is 1. The molecule has 5 heteroatoms. The van der Waals surface area contributed by atoms with E-state index in [2.05, 4.69) is 9.55 Å². The van der Waals surface area contributed by atoms with Crippen LogP contribution < -0.4 is 0 Å². The minimum Gasteiger partial charge on any atom is -0.478 e. The van der Waals surface area contributed by atoms with Crippen molar-refractivity contribution in [2.75, 3.05) is 6.61 Å². The maximum absolute atomic E-state index is 11.0. The number of aliphatic hydroxyl groups is 1. The van der Waals surface area contributed by atoms with Crippen molar-refractivity contribution in [2.45, 2.75) is 38.1 Å². The van der Waals surface area contributed by atoms with Gasteiger partial charge < -0.3 is 14.8 Å². The van der Waals surface area contributed by atoms with Crippen molar-refractivity contribution in [3.05, 3.63) is 29.6 Å². The highest BCUT2D eigenvalue weighted by atomic mass is 16.4. The number of carboxylic acid groups (broad SMARTS) is 1. The van der Waals surface area contributed by atoms with Gasteiger partial charge in [0, 0.05) is 19.1 Å². The molecular formula is C15H18N2O3. The zero-order valence-corrected chi connectivity index (χ0v) is 11.2. The number of aliphatic hydroxyl groups excluding tert-OH is 1. The molecule has 3 rings (SSSR count). The van der Waals surface area contributed by atoms with Crippen LogP contribution in [0.5, 0.6) is 0 Å². The van der Waals surface area contributed by atoms with E-state index < -0.39 is 5.97 Å². The van der Waals surface area contributed by atoms with E-state index in [1.807, 2.05) is 6.07 Å². The predicted octanol–water partition coefficient (Wildman–Crippen LogP) is 2.38. The summed E-state index contributed by atoms with van der Waals surface area (Å²) in [6.07, 6.45) is 4.00. The van der Waals surface area contributed by atoms with Crippen LogP contribution >= 0.6 is 0 Å². The predicted molar refractivity (Wildman–Crippen MR) is 75.0 cm³/mol. The summed E-state index contributed by atoms with van der Waals surface area (Å²) < 4.78 is 2.19. The molecule has 0 spiro atoms. The Morgan fingerprint density at radius 3 is 2.80 bits per heavy atom. The Morgan fingerprint density at radius 2 is 2.15 bits per heavy atom. The number of aryl methyl sites for hydroxylation is 1. The van der Waals surface area contributed by atoms with Crippen LogP contribution in [0.4, 0.5) is 0 Å². The molecule has 0 unspecified atom stereocenters. The Balaban J connectivity index is 2.00. The van der Waals surface area contributed by atoms with Gasteiger partial charge in [0.05, 0.1) is 16.6 Å². The molecule has 2 N–H and O–H groups in total. The smallest absolute Gasteiger partial charge is 0.335 e. The molecule has 0 saturated heterocycles. The second-order valence-electron chi connectivity index (χ2n) is 5.34. The fourth-order valence-corrected chi connectivity index (χ4v) is 2.55. The highest BCUT2D eigenvalue weighted by molar-refractivity contribution is 5.92. The van der Waals surface area contributed by atoms with E-state index in [4.69, 9.17) is 10.2 Å². The van der Waals surface area contributed by atoms with Crippen LogP contribution in [0.3, 0.4) is 0 Å². The summed E-state index contributed by atoms with van der Waals surface area (Å²) in [6.45, 7) is 1.03. The van der Waals surface area contributed by atoms with Crippen molar-refractivity contribution in [3.63, 3.8) is 0 Å². The van der Waals surface area contributed by atoms with Crippen molar-refractivity contribution in [3.8, 4) is 0 Å². The number of carbonyl (C=O) groups is 1. The summed E-state index contributed by atoms with van der Waals surface area (Å²) in [4.78, 5) is 15.7. The fourth-order valence-electron chi connectivity index (χ4n) is 2.55. The summed E-state index contributed by atoms with van der Waals surface area (Å²) in [5, 5.41) is 18.0. The Hall–Kier alpha value is -1.88. The number of rotatable bonds is 6. The van der Waals surface area contributed by atoms with Crippen LogP contribution in [0.25, 0.3) is 11.0 Å². The lowest BCUT2D eigenvalue weighted by molar-refractivity contribution is 0.0697. The summed E-state index contributed by atoms with van der Waals surface area (Å²) in [5.74, 6) is 0.667. The Morgan fingerprint density at radius 1 is 1.35 bits per heavy atom. The van der Waals surface area contributed by atoms with E-state index in [0.29, 0.717) is 5.92 Å². The average Bonchev–Trinajstić information content (AvgIpc) is 3.21. The molecule has 1 aromatic heterocycles. The van der Waals surface area contributed by atoms with Gasteiger partial charge in [0.2, 0.25) is 0 Å². The second-order valence-corrected chi connectivity index (χ2v) is 5.34. The quantitative estimate of drug-likeness (QED) is 0.793. The van der Waals surface area contributed by atoms with Gasteiger partial charge in [-0.05, 0) is 43.9 Å². The first-order chi connectivity index (χ1) is 9.70. The van der Waals surface area contributed by atoms with E-state index in [0.717, 1.165) is 49.1 Å². The van der Waals surface area contributed by atoms with Gasteiger partial charge in [-0.3, -0.25) is 0 Å². The van der Waals surface area contributed by atoms with Gasteiger partial charge >= 0.3 is 5.97 Å². The van der Waals surface area contributed by atoms with Crippen LogP contribution in [0.1, 0.15) is 47.8 Å². The highest BCUT2D eigenvalue weighted by Crippen LogP contribution is 2.40. The normalized spacial score (nSPS) is 14.8. The van der Waals surface area contributed by atoms with Gasteiger partial charge in [-0.25, -0.2) is 9.78 Å². The molecule has 0 amide bonds. The maximum Gasteiger partial charge on any atom is 0.335 e. The van der Waals surface area contributed by atoms with E-state index in [9.17, 15) is 4.79 Å². The molecule has 20 heavy (non-hydrogen) atoms. The molecule has 1 heterocycles. The molecule has 1 aliphatic carbocycles. The number of nitrogens with zero attached hydrogens (tertiary/aromatic N) is 2.